The van der Waals surface area contributed by atoms with E-state index in [-0.39, 0.29) is 23.4 Å². The van der Waals surface area contributed by atoms with Gasteiger partial charge in [0.25, 0.3) is 5.91 Å². The van der Waals surface area contributed by atoms with Crippen LogP contribution in [-0.2, 0) is 13.6 Å². The van der Waals surface area contributed by atoms with E-state index in [9.17, 15) is 9.18 Å². The maximum absolute atomic E-state index is 13.2. The van der Waals surface area contributed by atoms with E-state index in [1.807, 2.05) is 22.4 Å². The Labute approximate surface area is 149 Å². The monoisotopic (exact) mass is 355 g/mol. The summed E-state index contributed by atoms with van der Waals surface area (Å²) in [6.07, 6.45) is 9.35. The van der Waals surface area contributed by atoms with Gasteiger partial charge < -0.3 is 14.5 Å². The Hall–Kier alpha value is -3.10. The first-order valence-electron chi connectivity index (χ1n) is 8.35. The van der Waals surface area contributed by atoms with Crippen molar-refractivity contribution in [3.8, 4) is 0 Å². The van der Waals surface area contributed by atoms with Crippen molar-refractivity contribution >= 4 is 5.91 Å². The molecule has 26 heavy (non-hydrogen) atoms. The van der Waals surface area contributed by atoms with Gasteiger partial charge in [-0.15, -0.1) is 10.2 Å². The Morgan fingerprint density at radius 3 is 2.88 bits per heavy atom. The highest BCUT2D eigenvalue weighted by atomic mass is 19.1. The van der Waals surface area contributed by atoms with Gasteiger partial charge in [-0.25, -0.2) is 9.37 Å². The number of hydrogen-bond acceptors (Lipinski definition) is 5. The van der Waals surface area contributed by atoms with Crippen LogP contribution in [0.2, 0.25) is 0 Å². The third-order valence-corrected chi connectivity index (χ3v) is 4.69. The van der Waals surface area contributed by atoms with Crippen molar-refractivity contribution in [2.24, 2.45) is 7.05 Å². The van der Waals surface area contributed by atoms with Gasteiger partial charge in [0.1, 0.15) is 11.6 Å². The van der Waals surface area contributed by atoms with Gasteiger partial charge in [0.15, 0.2) is 5.82 Å². The van der Waals surface area contributed by atoms with Crippen LogP contribution >= 0.6 is 0 Å². The van der Waals surface area contributed by atoms with Crippen molar-refractivity contribution in [3.63, 3.8) is 0 Å². The quantitative estimate of drug-likeness (QED) is 0.744. The first kappa shape index (κ1) is 16.4. The Bertz CT molecular complexity index is 915. The summed E-state index contributed by atoms with van der Waals surface area (Å²) in [7, 11) is 1.95. The number of rotatable bonds is 5. The number of carbonyl (C=O) groups excluding carboxylic acids is 1. The molecule has 0 spiro atoms. The van der Waals surface area contributed by atoms with Crippen molar-refractivity contribution in [3.05, 3.63) is 60.2 Å². The number of nitrogens with zero attached hydrogens (tertiary/aromatic N) is 6. The highest BCUT2D eigenvalue weighted by Gasteiger charge is 2.35. The molecule has 1 fully saturated rings. The molecular formula is C17H18FN7O. The number of imidazole rings is 1. The molecule has 134 valence electrons. The summed E-state index contributed by atoms with van der Waals surface area (Å²) in [5, 5.41) is 11.5. The molecule has 3 aromatic rings. The molecule has 3 aromatic heterocycles. The fraction of sp³-hybridized carbons (Fsp3) is 0.353. The first-order valence-corrected chi connectivity index (χ1v) is 8.35. The average molecular weight is 355 g/mol. The van der Waals surface area contributed by atoms with Crippen LogP contribution in [0.4, 0.5) is 4.39 Å². The number of hydrogen-bond donors (Lipinski definition) is 1. The van der Waals surface area contributed by atoms with Crippen LogP contribution in [0.5, 0.6) is 0 Å². The molecule has 3 heterocycles. The molecule has 0 unspecified atom stereocenters. The van der Waals surface area contributed by atoms with E-state index in [0.29, 0.717) is 6.54 Å². The predicted octanol–water partition coefficient (Wildman–Crippen LogP) is 1.27. The van der Waals surface area contributed by atoms with Crippen LogP contribution in [0.25, 0.3) is 0 Å². The number of amides is 1. The lowest BCUT2D eigenvalue weighted by molar-refractivity contribution is 0.0906. The molecule has 0 bridgehead atoms. The minimum Gasteiger partial charge on any atom is -0.349 e. The highest BCUT2D eigenvalue weighted by molar-refractivity contribution is 5.94. The van der Waals surface area contributed by atoms with Gasteiger partial charge in [0.2, 0.25) is 0 Å². The van der Waals surface area contributed by atoms with Crippen molar-refractivity contribution in [2.45, 2.75) is 31.3 Å². The summed E-state index contributed by atoms with van der Waals surface area (Å²) in [4.78, 5) is 19.9. The zero-order valence-corrected chi connectivity index (χ0v) is 14.2. The lowest BCUT2D eigenvalue weighted by Crippen LogP contribution is -2.44. The summed E-state index contributed by atoms with van der Waals surface area (Å²) in [6, 6.07) is 1.23. The van der Waals surface area contributed by atoms with Crippen LogP contribution < -0.4 is 5.32 Å². The van der Waals surface area contributed by atoms with E-state index in [2.05, 4.69) is 25.5 Å². The molecule has 0 aromatic carbocycles. The topological polar surface area (TPSA) is 90.5 Å². The van der Waals surface area contributed by atoms with Crippen LogP contribution in [0.3, 0.4) is 0 Å². The number of carbonyl (C=O) groups is 1. The summed E-state index contributed by atoms with van der Waals surface area (Å²) >= 11 is 0. The molecule has 0 atom stereocenters. The van der Waals surface area contributed by atoms with Crippen LogP contribution in [0.15, 0.2) is 37.2 Å². The Balaban J connectivity index is 1.35. The lowest BCUT2D eigenvalue weighted by Gasteiger charge is -2.35. The predicted molar refractivity (Wildman–Crippen MR) is 89.8 cm³/mol. The van der Waals surface area contributed by atoms with Gasteiger partial charge in [-0.05, 0) is 18.9 Å². The maximum atomic E-state index is 13.2. The van der Waals surface area contributed by atoms with Gasteiger partial charge >= 0.3 is 0 Å². The van der Waals surface area contributed by atoms with E-state index >= 15 is 0 Å². The molecule has 4 rings (SSSR count). The van der Waals surface area contributed by atoms with Gasteiger partial charge in [-0.3, -0.25) is 9.78 Å². The first-order chi connectivity index (χ1) is 12.6. The zero-order valence-electron chi connectivity index (χ0n) is 14.2. The maximum Gasteiger partial charge on any atom is 0.253 e. The van der Waals surface area contributed by atoms with Gasteiger partial charge in [-0.2, -0.15) is 0 Å². The van der Waals surface area contributed by atoms with Crippen LogP contribution in [0, 0.1) is 5.82 Å². The van der Waals surface area contributed by atoms with Crippen LogP contribution in [0.1, 0.15) is 40.8 Å². The van der Waals surface area contributed by atoms with Gasteiger partial charge in [0.05, 0.1) is 24.6 Å². The molecule has 9 heteroatoms. The van der Waals surface area contributed by atoms with E-state index in [1.165, 1.54) is 12.3 Å². The second kappa shape index (κ2) is 6.66. The zero-order chi connectivity index (χ0) is 18.1. The Kier molecular flexibility index (Phi) is 4.19. The molecule has 1 aliphatic carbocycles. The molecular weight excluding hydrogens is 337 g/mol. The van der Waals surface area contributed by atoms with Crippen molar-refractivity contribution in [2.75, 3.05) is 0 Å². The van der Waals surface area contributed by atoms with E-state index in [1.54, 1.807) is 12.5 Å². The molecule has 0 radical (unpaired) electrons. The molecule has 1 aliphatic rings. The molecule has 0 aliphatic heterocycles. The van der Waals surface area contributed by atoms with Crippen LogP contribution in [-0.4, -0.2) is 41.2 Å². The smallest absolute Gasteiger partial charge is 0.253 e. The number of nitrogens with one attached hydrogen (secondary N) is 1. The van der Waals surface area contributed by atoms with E-state index in [4.69, 9.17) is 0 Å². The lowest BCUT2D eigenvalue weighted by atomic mass is 9.79. The third kappa shape index (κ3) is 3.19. The van der Waals surface area contributed by atoms with Gasteiger partial charge in [-0.1, -0.05) is 0 Å². The fourth-order valence-electron chi connectivity index (χ4n) is 3.16. The molecule has 1 amide bonds. The minimum absolute atomic E-state index is 0.0459. The normalized spacial score (nSPS) is 19.2. The SMILES string of the molecule is Cn1c(Cn2ccnc2)nnc1C1CC(NC(=O)c2cncc(F)c2)C1. The molecule has 1 saturated carbocycles. The van der Waals surface area contributed by atoms with Crippen molar-refractivity contribution in [1.82, 2.24) is 34.6 Å². The largest absolute Gasteiger partial charge is 0.349 e. The van der Waals surface area contributed by atoms with E-state index in [0.717, 1.165) is 30.7 Å². The molecule has 1 N–H and O–H groups in total. The standard InChI is InChI=1S/C17H18FN7O/c1-24-15(9-25-3-2-19-10-25)22-23-16(24)11-5-14(6-11)21-17(26)12-4-13(18)8-20-7-12/h2-4,7-8,10-11,14H,5-6,9H2,1H3,(H,21,26). The summed E-state index contributed by atoms with van der Waals surface area (Å²) in [5.41, 5.74) is 0.231. The third-order valence-electron chi connectivity index (χ3n) is 4.69. The Morgan fingerprint density at radius 2 is 2.15 bits per heavy atom. The fourth-order valence-corrected chi connectivity index (χ4v) is 3.16. The van der Waals surface area contributed by atoms with Gasteiger partial charge in [0, 0.05) is 37.6 Å². The minimum atomic E-state index is -0.520. The number of halogens is 1. The molecule has 0 saturated heterocycles. The summed E-state index contributed by atoms with van der Waals surface area (Å²) < 4.78 is 17.1. The summed E-state index contributed by atoms with van der Waals surface area (Å²) in [5.74, 6) is 1.20. The van der Waals surface area contributed by atoms with Crippen molar-refractivity contribution in [1.29, 1.82) is 0 Å². The number of pyridine rings is 1. The summed E-state index contributed by atoms with van der Waals surface area (Å²) in [6.45, 7) is 0.614. The second-order valence-electron chi connectivity index (χ2n) is 6.50. The average Bonchev–Trinajstić information content (AvgIpc) is 3.22. The number of aromatic nitrogens is 6. The highest BCUT2D eigenvalue weighted by Crippen LogP contribution is 2.36. The second-order valence-corrected chi connectivity index (χ2v) is 6.50. The van der Waals surface area contributed by atoms with Crippen molar-refractivity contribution < 1.29 is 9.18 Å². The Morgan fingerprint density at radius 1 is 1.31 bits per heavy atom. The molecule has 8 nitrogen and oxygen atoms in total. The van der Waals surface area contributed by atoms with E-state index < -0.39 is 5.82 Å².